The van der Waals surface area contributed by atoms with Gasteiger partial charge in [-0.1, -0.05) is 12.1 Å². The summed E-state index contributed by atoms with van der Waals surface area (Å²) in [5.74, 6) is 0.650. The molecule has 0 unspecified atom stereocenters. The number of carbonyl (C=O) groups excluding carboxylic acids is 1. The Hall–Kier alpha value is -1.55. The van der Waals surface area contributed by atoms with Gasteiger partial charge in [-0.05, 0) is 45.9 Å². The fourth-order valence-electron chi connectivity index (χ4n) is 1.46. The summed E-state index contributed by atoms with van der Waals surface area (Å²) in [7, 11) is 0. The normalized spacial score (nSPS) is 11.1. The van der Waals surface area contributed by atoms with Crippen LogP contribution in [0.2, 0.25) is 0 Å². The zero-order valence-electron chi connectivity index (χ0n) is 11.3. The molecule has 1 aromatic rings. The molecule has 3 N–H and O–H groups in total. The number of nitrogens with one attached hydrogen (secondary N) is 1. The smallest absolute Gasteiger partial charge is 0.224 e. The lowest BCUT2D eigenvalue weighted by Gasteiger charge is -2.23. The molecule has 0 aliphatic carbocycles. The molecule has 18 heavy (non-hydrogen) atoms. The first-order valence-corrected chi connectivity index (χ1v) is 6.20. The van der Waals surface area contributed by atoms with Crippen LogP contribution in [0.15, 0.2) is 24.3 Å². The van der Waals surface area contributed by atoms with E-state index >= 15 is 0 Å². The van der Waals surface area contributed by atoms with Crippen molar-refractivity contribution in [3.63, 3.8) is 0 Å². The molecule has 1 rings (SSSR count). The second kappa shape index (κ2) is 6.40. The summed E-state index contributed by atoms with van der Waals surface area (Å²) in [6, 6.07) is 7.44. The van der Waals surface area contributed by atoms with Crippen molar-refractivity contribution in [3.05, 3.63) is 24.3 Å². The number of hydrogen-bond donors (Lipinski definition) is 2. The van der Waals surface area contributed by atoms with E-state index in [0.29, 0.717) is 30.8 Å². The average molecular weight is 250 g/mol. The Balaban J connectivity index is 2.73. The predicted octanol–water partition coefficient (Wildman–Crippen LogP) is 2.54. The molecule has 100 valence electrons. The SMILES string of the molecule is CC(C)(C)Oc1ccccc1NC(=O)CCCN. The minimum atomic E-state index is -0.294. The third kappa shape index (κ3) is 5.19. The van der Waals surface area contributed by atoms with Gasteiger partial charge < -0.3 is 15.8 Å². The highest BCUT2D eigenvalue weighted by molar-refractivity contribution is 5.92. The maximum atomic E-state index is 11.7. The number of hydrogen-bond acceptors (Lipinski definition) is 3. The van der Waals surface area contributed by atoms with Gasteiger partial charge in [-0.15, -0.1) is 0 Å². The van der Waals surface area contributed by atoms with Crippen molar-refractivity contribution in [2.75, 3.05) is 11.9 Å². The second-order valence-corrected chi connectivity index (χ2v) is 5.15. The zero-order chi connectivity index (χ0) is 13.6. The molecule has 4 nitrogen and oxygen atoms in total. The maximum absolute atomic E-state index is 11.7. The first-order chi connectivity index (χ1) is 8.42. The lowest BCUT2D eigenvalue weighted by Crippen LogP contribution is -2.24. The largest absolute Gasteiger partial charge is 0.486 e. The number of nitrogens with two attached hydrogens (primary N) is 1. The predicted molar refractivity (Wildman–Crippen MR) is 73.7 cm³/mol. The lowest BCUT2D eigenvalue weighted by molar-refractivity contribution is -0.116. The molecule has 0 fully saturated rings. The van der Waals surface area contributed by atoms with Gasteiger partial charge in [0.1, 0.15) is 11.4 Å². The van der Waals surface area contributed by atoms with Gasteiger partial charge in [-0.2, -0.15) is 0 Å². The van der Waals surface area contributed by atoms with Gasteiger partial charge in [0, 0.05) is 6.42 Å². The number of para-hydroxylation sites is 2. The van der Waals surface area contributed by atoms with Gasteiger partial charge in [-0.3, -0.25) is 4.79 Å². The van der Waals surface area contributed by atoms with Crippen LogP contribution in [0.1, 0.15) is 33.6 Å². The van der Waals surface area contributed by atoms with Crippen molar-refractivity contribution in [1.29, 1.82) is 0 Å². The van der Waals surface area contributed by atoms with Crippen LogP contribution in [-0.2, 0) is 4.79 Å². The summed E-state index contributed by atoms with van der Waals surface area (Å²) < 4.78 is 5.80. The highest BCUT2D eigenvalue weighted by Gasteiger charge is 2.15. The Morgan fingerprint density at radius 2 is 2.00 bits per heavy atom. The van der Waals surface area contributed by atoms with Crippen molar-refractivity contribution < 1.29 is 9.53 Å². The molecule has 0 heterocycles. The molecule has 0 aliphatic heterocycles. The van der Waals surface area contributed by atoms with Crippen molar-refractivity contribution in [2.24, 2.45) is 5.73 Å². The van der Waals surface area contributed by atoms with Crippen molar-refractivity contribution in [2.45, 2.75) is 39.2 Å². The summed E-state index contributed by atoms with van der Waals surface area (Å²) in [6.45, 7) is 6.44. The second-order valence-electron chi connectivity index (χ2n) is 5.15. The summed E-state index contributed by atoms with van der Waals surface area (Å²) in [5.41, 5.74) is 5.79. The van der Waals surface area contributed by atoms with E-state index in [2.05, 4.69) is 5.32 Å². The number of benzene rings is 1. The van der Waals surface area contributed by atoms with Gasteiger partial charge >= 0.3 is 0 Å². The zero-order valence-corrected chi connectivity index (χ0v) is 11.3. The number of rotatable bonds is 5. The van der Waals surface area contributed by atoms with Crippen LogP contribution < -0.4 is 15.8 Å². The van der Waals surface area contributed by atoms with Crippen molar-refractivity contribution in [3.8, 4) is 5.75 Å². The summed E-state index contributed by atoms with van der Waals surface area (Å²) >= 11 is 0. The number of anilines is 1. The Labute approximate surface area is 109 Å². The van der Waals surface area contributed by atoms with Crippen LogP contribution in [0.25, 0.3) is 0 Å². The fraction of sp³-hybridized carbons (Fsp3) is 0.500. The van der Waals surface area contributed by atoms with Gasteiger partial charge in [-0.25, -0.2) is 0 Å². The third-order valence-corrected chi connectivity index (χ3v) is 2.19. The molecule has 0 saturated carbocycles. The van der Waals surface area contributed by atoms with E-state index in [1.54, 1.807) is 0 Å². The van der Waals surface area contributed by atoms with Crippen LogP contribution in [0.4, 0.5) is 5.69 Å². The third-order valence-electron chi connectivity index (χ3n) is 2.19. The van der Waals surface area contributed by atoms with Gasteiger partial charge in [0.2, 0.25) is 5.91 Å². The molecular weight excluding hydrogens is 228 g/mol. The van der Waals surface area contributed by atoms with Gasteiger partial charge in [0.05, 0.1) is 5.69 Å². The molecular formula is C14H22N2O2. The van der Waals surface area contributed by atoms with E-state index in [1.807, 2.05) is 45.0 Å². The van der Waals surface area contributed by atoms with E-state index < -0.39 is 0 Å². The standard InChI is InChI=1S/C14H22N2O2/c1-14(2,3)18-12-8-5-4-7-11(12)16-13(17)9-6-10-15/h4-5,7-8H,6,9-10,15H2,1-3H3,(H,16,17). The monoisotopic (exact) mass is 250 g/mol. The topological polar surface area (TPSA) is 64.3 Å². The maximum Gasteiger partial charge on any atom is 0.224 e. The van der Waals surface area contributed by atoms with Gasteiger partial charge in [0.15, 0.2) is 0 Å². The van der Waals surface area contributed by atoms with E-state index in [4.69, 9.17) is 10.5 Å². The molecule has 1 aromatic carbocycles. The summed E-state index contributed by atoms with van der Waals surface area (Å²) in [5, 5.41) is 2.85. The molecule has 0 spiro atoms. The summed E-state index contributed by atoms with van der Waals surface area (Å²) in [6.07, 6.45) is 1.12. The van der Waals surface area contributed by atoms with Crippen LogP contribution in [0, 0.1) is 0 Å². The lowest BCUT2D eigenvalue weighted by atomic mass is 10.2. The van der Waals surface area contributed by atoms with Gasteiger partial charge in [0.25, 0.3) is 0 Å². The van der Waals surface area contributed by atoms with Crippen LogP contribution >= 0.6 is 0 Å². The van der Waals surface area contributed by atoms with Crippen LogP contribution in [0.5, 0.6) is 5.75 Å². The highest BCUT2D eigenvalue weighted by Crippen LogP contribution is 2.27. The average Bonchev–Trinajstić information content (AvgIpc) is 2.27. The summed E-state index contributed by atoms with van der Waals surface area (Å²) in [4.78, 5) is 11.7. The van der Waals surface area contributed by atoms with E-state index in [-0.39, 0.29) is 11.5 Å². The Bertz CT molecular complexity index is 397. The van der Waals surface area contributed by atoms with Crippen molar-refractivity contribution in [1.82, 2.24) is 0 Å². The molecule has 0 radical (unpaired) electrons. The van der Waals surface area contributed by atoms with Crippen molar-refractivity contribution >= 4 is 11.6 Å². The minimum absolute atomic E-state index is 0.0367. The number of ether oxygens (including phenoxy) is 1. The van der Waals surface area contributed by atoms with E-state index in [1.165, 1.54) is 0 Å². The highest BCUT2D eigenvalue weighted by atomic mass is 16.5. The minimum Gasteiger partial charge on any atom is -0.486 e. The van der Waals surface area contributed by atoms with Crippen LogP contribution in [0.3, 0.4) is 0 Å². The molecule has 0 aromatic heterocycles. The molecule has 0 saturated heterocycles. The molecule has 0 atom stereocenters. The first kappa shape index (κ1) is 14.5. The molecule has 0 aliphatic rings. The Morgan fingerprint density at radius 1 is 1.33 bits per heavy atom. The van der Waals surface area contributed by atoms with Crippen LogP contribution in [-0.4, -0.2) is 18.1 Å². The number of carbonyl (C=O) groups is 1. The van der Waals surface area contributed by atoms with E-state index in [0.717, 1.165) is 0 Å². The molecule has 0 bridgehead atoms. The molecule has 1 amide bonds. The number of amides is 1. The Morgan fingerprint density at radius 3 is 2.61 bits per heavy atom. The Kier molecular flexibility index (Phi) is 5.16. The fourth-order valence-corrected chi connectivity index (χ4v) is 1.46. The quantitative estimate of drug-likeness (QED) is 0.844. The first-order valence-electron chi connectivity index (χ1n) is 6.20. The molecule has 4 heteroatoms. The van der Waals surface area contributed by atoms with E-state index in [9.17, 15) is 4.79 Å².